The second-order valence-corrected chi connectivity index (χ2v) is 17.6. The van der Waals surface area contributed by atoms with Crippen molar-refractivity contribution in [1.82, 2.24) is 0 Å². The first-order chi connectivity index (χ1) is 26.4. The molecule has 0 aromatic rings. The van der Waals surface area contributed by atoms with E-state index in [1.165, 1.54) is 128 Å². The number of unbranched alkanes of at least 4 members (excludes halogenated alkanes) is 26. The minimum atomic E-state index is -5.07. The highest BCUT2D eigenvalue weighted by Crippen LogP contribution is 2.47. The van der Waals surface area contributed by atoms with Crippen molar-refractivity contribution in [2.75, 3.05) is 6.61 Å². The van der Waals surface area contributed by atoms with E-state index < -0.39 is 69.1 Å². The first kappa shape index (κ1) is 52.4. The highest BCUT2D eigenvalue weighted by Gasteiger charge is 2.51. The van der Waals surface area contributed by atoms with Gasteiger partial charge in [-0.2, -0.15) is 0 Å². The standard InChI is InChI=1S/C42H84NO11P/c1-3-5-7-9-11-13-15-17-18-20-22-24-26-28-30-32-36(45)43-34(35(44)31-29-27-25-23-21-19-16-14-12-10-8-6-4-2)33-53-55(51,52)54-42-40(49)38(47)37(46)39(48)41(42)50/h34-35,37-42,44,46-50H,3-33H2,1-2H3,(H,43,45)(H,51,52)/p-1/t34-,35+,37?,38-,39+,40+,41+,42?/m0/s1. The Hall–Kier alpha value is -0.660. The third-order valence-corrected chi connectivity index (χ3v) is 12.1. The fraction of sp³-hybridized carbons (Fsp3) is 0.976. The second kappa shape index (κ2) is 33.2. The third-order valence-electron chi connectivity index (χ3n) is 11.1. The van der Waals surface area contributed by atoms with E-state index in [2.05, 4.69) is 18.8 Å². The number of phosphoric ester groups is 1. The second-order valence-electron chi connectivity index (χ2n) is 16.2. The van der Waals surface area contributed by atoms with Crippen LogP contribution in [0, 0.1) is 0 Å². The van der Waals surface area contributed by atoms with E-state index in [0.717, 1.165) is 38.5 Å². The summed E-state index contributed by atoms with van der Waals surface area (Å²) in [6.45, 7) is 3.83. The van der Waals surface area contributed by atoms with Gasteiger partial charge in [0.1, 0.15) is 36.6 Å². The number of hydrogen-bond acceptors (Lipinski definition) is 11. The first-order valence-electron chi connectivity index (χ1n) is 22.4. The molecule has 12 nitrogen and oxygen atoms in total. The van der Waals surface area contributed by atoms with Crippen LogP contribution in [-0.2, 0) is 13.6 Å². The van der Waals surface area contributed by atoms with Gasteiger partial charge in [-0.25, -0.2) is 4.57 Å². The third kappa shape index (κ3) is 25.4. The SMILES string of the molecule is CCCCCCCCCCCCCCCCCC([O-])=N[C@@H](COP(=O)(O)OC1[C@H](O)[C@H](O)C(O)[C@H](O)[C@H]1O)[C@H](O)CCCCCCCCCCCCCCC. The minimum Gasteiger partial charge on any atom is -0.862 e. The molecular weight excluding hydrogens is 725 g/mol. The summed E-state index contributed by atoms with van der Waals surface area (Å²) >= 11 is 0. The number of hydrogen-bond donors (Lipinski definition) is 7. The molecule has 0 amide bonds. The summed E-state index contributed by atoms with van der Waals surface area (Å²) in [4.78, 5) is 14.6. The topological polar surface area (TPSA) is 213 Å². The van der Waals surface area contributed by atoms with Crippen molar-refractivity contribution in [2.45, 2.75) is 255 Å². The van der Waals surface area contributed by atoms with Crippen LogP contribution >= 0.6 is 7.82 Å². The summed E-state index contributed by atoms with van der Waals surface area (Å²) in [6.07, 6.45) is 21.0. The van der Waals surface area contributed by atoms with E-state index in [-0.39, 0.29) is 6.42 Å². The molecule has 0 bridgehead atoms. The molecule has 0 aromatic carbocycles. The molecule has 3 unspecified atom stereocenters. The maximum Gasteiger partial charge on any atom is 0.472 e. The van der Waals surface area contributed by atoms with Crippen LogP contribution in [0.1, 0.15) is 206 Å². The van der Waals surface area contributed by atoms with Crippen molar-refractivity contribution < 1.29 is 54.3 Å². The molecule has 1 aliphatic rings. The van der Waals surface area contributed by atoms with Gasteiger partial charge in [0, 0.05) is 0 Å². The van der Waals surface area contributed by atoms with Crippen molar-refractivity contribution in [1.29, 1.82) is 0 Å². The number of nitrogens with zero attached hydrogens (tertiary/aromatic N) is 1. The van der Waals surface area contributed by atoms with Crippen molar-refractivity contribution in [3.05, 3.63) is 0 Å². The average Bonchev–Trinajstić information content (AvgIpc) is 3.16. The number of aliphatic imine (C=N–C) groups is 1. The van der Waals surface area contributed by atoms with E-state index in [9.17, 15) is 45.2 Å². The molecule has 13 heteroatoms. The zero-order chi connectivity index (χ0) is 40.7. The molecule has 0 radical (unpaired) electrons. The van der Waals surface area contributed by atoms with Gasteiger partial charge in [-0.1, -0.05) is 187 Å². The highest BCUT2D eigenvalue weighted by molar-refractivity contribution is 7.47. The normalized spacial score (nSPS) is 24.2. The smallest absolute Gasteiger partial charge is 0.472 e. The molecule has 328 valence electrons. The van der Waals surface area contributed by atoms with Gasteiger partial charge in [0.15, 0.2) is 0 Å². The Morgan fingerprint density at radius 3 is 1.27 bits per heavy atom. The number of rotatable bonds is 37. The van der Waals surface area contributed by atoms with Crippen molar-refractivity contribution in [3.63, 3.8) is 0 Å². The van der Waals surface area contributed by atoms with Gasteiger partial charge in [0.05, 0.1) is 18.8 Å². The molecule has 0 aliphatic heterocycles. The lowest BCUT2D eigenvalue weighted by atomic mass is 9.85. The number of phosphoric acid groups is 1. The van der Waals surface area contributed by atoms with Crippen LogP contribution in [0.3, 0.4) is 0 Å². The van der Waals surface area contributed by atoms with E-state index in [1.54, 1.807) is 0 Å². The monoisotopic (exact) mass is 809 g/mol. The van der Waals surface area contributed by atoms with Crippen LogP contribution in [0.5, 0.6) is 0 Å². The predicted octanol–water partition coefficient (Wildman–Crippen LogP) is 7.54. The van der Waals surface area contributed by atoms with Gasteiger partial charge in [-0.15, -0.1) is 0 Å². The first-order valence-corrected chi connectivity index (χ1v) is 23.9. The molecule has 9 atom stereocenters. The van der Waals surface area contributed by atoms with Crippen molar-refractivity contribution >= 4 is 13.7 Å². The summed E-state index contributed by atoms with van der Waals surface area (Å²) in [6, 6.07) is -1.15. The molecule has 1 rings (SSSR count). The average molecular weight is 809 g/mol. The summed E-state index contributed by atoms with van der Waals surface area (Å²) in [5.74, 6) is -0.431. The van der Waals surface area contributed by atoms with E-state index >= 15 is 0 Å². The van der Waals surface area contributed by atoms with Crippen LogP contribution in [0.15, 0.2) is 4.99 Å². The van der Waals surface area contributed by atoms with Gasteiger partial charge in [-0.05, 0) is 25.2 Å². The van der Waals surface area contributed by atoms with Crippen LogP contribution in [0.2, 0.25) is 0 Å². The Labute approximate surface area is 334 Å². The number of aliphatic hydroxyl groups excluding tert-OH is 6. The number of aliphatic hydroxyl groups is 6. The fourth-order valence-corrected chi connectivity index (χ4v) is 8.33. The predicted molar refractivity (Wildman–Crippen MR) is 218 cm³/mol. The Bertz CT molecular complexity index is 960. The summed E-state index contributed by atoms with van der Waals surface area (Å²) in [7, 11) is -5.07. The summed E-state index contributed by atoms with van der Waals surface area (Å²) in [5, 5.41) is 74.1. The molecule has 0 saturated heterocycles. The molecule has 1 saturated carbocycles. The summed E-state index contributed by atoms with van der Waals surface area (Å²) < 4.78 is 22.9. The van der Waals surface area contributed by atoms with Gasteiger partial charge in [0.25, 0.3) is 0 Å². The molecule has 7 N–H and O–H groups in total. The minimum absolute atomic E-state index is 0.187. The molecule has 0 aromatic heterocycles. The molecule has 1 fully saturated rings. The van der Waals surface area contributed by atoms with Crippen LogP contribution in [0.4, 0.5) is 0 Å². The zero-order valence-electron chi connectivity index (χ0n) is 34.7. The van der Waals surface area contributed by atoms with Gasteiger partial charge >= 0.3 is 7.82 Å². The lowest BCUT2D eigenvalue weighted by Crippen LogP contribution is -2.64. The Morgan fingerprint density at radius 1 is 0.564 bits per heavy atom. The Kier molecular flexibility index (Phi) is 31.6. The fourth-order valence-electron chi connectivity index (χ4n) is 7.37. The van der Waals surface area contributed by atoms with Crippen molar-refractivity contribution in [2.24, 2.45) is 4.99 Å². The molecule has 55 heavy (non-hydrogen) atoms. The lowest BCUT2D eigenvalue weighted by molar-refractivity contribution is -0.220. The molecule has 0 spiro atoms. The maximum absolute atomic E-state index is 12.9. The largest absolute Gasteiger partial charge is 0.862 e. The quantitative estimate of drug-likeness (QED) is 0.0141. The van der Waals surface area contributed by atoms with E-state index in [0.29, 0.717) is 19.3 Å². The van der Waals surface area contributed by atoms with Crippen LogP contribution in [0.25, 0.3) is 0 Å². The maximum atomic E-state index is 12.9. The summed E-state index contributed by atoms with van der Waals surface area (Å²) in [5.41, 5.74) is 0. The van der Waals surface area contributed by atoms with Crippen LogP contribution in [-0.4, -0.2) is 96.8 Å². The molecular formula is C42H83NO11P-. The zero-order valence-corrected chi connectivity index (χ0v) is 35.6. The van der Waals surface area contributed by atoms with Gasteiger partial charge in [0.2, 0.25) is 0 Å². The molecule has 1 aliphatic carbocycles. The lowest BCUT2D eigenvalue weighted by Gasteiger charge is -2.41. The molecule has 0 heterocycles. The Balaban J connectivity index is 2.53. The highest BCUT2D eigenvalue weighted by atomic mass is 31.2. The van der Waals surface area contributed by atoms with E-state index in [1.807, 2.05) is 0 Å². The Morgan fingerprint density at radius 2 is 0.891 bits per heavy atom. The van der Waals surface area contributed by atoms with Gasteiger partial charge < -0.3 is 40.6 Å². The van der Waals surface area contributed by atoms with Crippen molar-refractivity contribution in [3.8, 4) is 0 Å². The van der Waals surface area contributed by atoms with E-state index in [4.69, 9.17) is 9.05 Å². The van der Waals surface area contributed by atoms with Gasteiger partial charge in [-0.3, -0.25) is 14.0 Å². The van der Waals surface area contributed by atoms with Crippen LogP contribution < -0.4 is 5.11 Å².